The quantitative estimate of drug-likeness (QED) is 0.0174. The van der Waals surface area contributed by atoms with Crippen molar-refractivity contribution in [3.05, 3.63) is 36.5 Å². The standard InChI is InChI=1S/C46H82NO11P/c1-3-5-7-9-11-12-13-14-15-16-17-18-19-20-21-22-23-27-31-35-44(48)54-37-40(38-55-59(52,53)56-39-41(47)46(50)51)57-45(49)36-32-28-24-26-30-34-43-42(58-43)33-29-25-10-8-6-4-2/h11-12,14-15,25,29,40-43H,3-10,13,16-24,26-28,30-39,47H2,1-2H3,(H,50,51)(H,52,53)/b12-11-,15-14-,29-25-/t40-,41+,42?,43?/m1/s1. The zero-order valence-electron chi connectivity index (χ0n) is 36.8. The Bertz CT molecular complexity index is 1210. The summed E-state index contributed by atoms with van der Waals surface area (Å²) >= 11 is 0. The molecule has 13 heteroatoms. The summed E-state index contributed by atoms with van der Waals surface area (Å²) in [6.45, 7) is 2.73. The van der Waals surface area contributed by atoms with Crippen LogP contribution in [0.1, 0.15) is 194 Å². The molecule has 0 aliphatic carbocycles. The molecule has 5 atom stereocenters. The molecule has 59 heavy (non-hydrogen) atoms. The zero-order valence-corrected chi connectivity index (χ0v) is 37.7. The molecule has 0 saturated carbocycles. The highest BCUT2D eigenvalue weighted by molar-refractivity contribution is 7.47. The number of carboxylic acid groups (broad SMARTS) is 1. The molecule has 1 aliphatic heterocycles. The van der Waals surface area contributed by atoms with E-state index in [1.54, 1.807) is 0 Å². The van der Waals surface area contributed by atoms with Gasteiger partial charge >= 0.3 is 25.7 Å². The predicted octanol–water partition coefficient (Wildman–Crippen LogP) is 11.4. The van der Waals surface area contributed by atoms with E-state index < -0.39 is 51.1 Å². The van der Waals surface area contributed by atoms with Gasteiger partial charge in [0.2, 0.25) is 0 Å². The van der Waals surface area contributed by atoms with Gasteiger partial charge in [0, 0.05) is 12.8 Å². The number of hydrogen-bond acceptors (Lipinski definition) is 10. The Kier molecular flexibility index (Phi) is 34.7. The van der Waals surface area contributed by atoms with Crippen molar-refractivity contribution in [2.75, 3.05) is 19.8 Å². The van der Waals surface area contributed by atoms with Gasteiger partial charge in [-0.25, -0.2) is 4.57 Å². The van der Waals surface area contributed by atoms with Crippen LogP contribution in [-0.4, -0.2) is 72.1 Å². The van der Waals surface area contributed by atoms with Gasteiger partial charge in [0.25, 0.3) is 0 Å². The number of unbranched alkanes of at least 4 members (excludes halogenated alkanes) is 19. The largest absolute Gasteiger partial charge is 0.480 e. The molecule has 342 valence electrons. The van der Waals surface area contributed by atoms with Crippen molar-refractivity contribution in [2.24, 2.45) is 5.73 Å². The number of carboxylic acids is 1. The van der Waals surface area contributed by atoms with Crippen LogP contribution in [0.15, 0.2) is 36.5 Å². The van der Waals surface area contributed by atoms with Crippen molar-refractivity contribution < 1.29 is 52.2 Å². The average molecular weight is 856 g/mol. The summed E-state index contributed by atoms with van der Waals surface area (Å²) in [5, 5.41) is 8.90. The Morgan fingerprint density at radius 3 is 1.69 bits per heavy atom. The summed E-state index contributed by atoms with van der Waals surface area (Å²) in [4.78, 5) is 46.1. The van der Waals surface area contributed by atoms with Gasteiger partial charge in [-0.2, -0.15) is 0 Å². The van der Waals surface area contributed by atoms with Crippen LogP contribution in [0.5, 0.6) is 0 Å². The summed E-state index contributed by atoms with van der Waals surface area (Å²) in [5.74, 6) is -2.41. The number of hydrogen-bond donors (Lipinski definition) is 3. The molecule has 0 radical (unpaired) electrons. The van der Waals surface area contributed by atoms with Crippen LogP contribution < -0.4 is 5.73 Å². The van der Waals surface area contributed by atoms with Crippen LogP contribution in [0, 0.1) is 0 Å². The number of ether oxygens (including phenoxy) is 3. The Hall–Kier alpha value is -2.34. The Morgan fingerprint density at radius 1 is 0.627 bits per heavy atom. The number of epoxide rings is 1. The summed E-state index contributed by atoms with van der Waals surface area (Å²) in [6, 6.07) is -1.53. The van der Waals surface area contributed by atoms with Gasteiger partial charge < -0.3 is 29.9 Å². The van der Waals surface area contributed by atoms with Crippen molar-refractivity contribution in [2.45, 2.75) is 218 Å². The van der Waals surface area contributed by atoms with E-state index in [2.05, 4.69) is 54.8 Å². The fourth-order valence-electron chi connectivity index (χ4n) is 6.51. The van der Waals surface area contributed by atoms with Crippen molar-refractivity contribution in [1.82, 2.24) is 0 Å². The molecule has 1 rings (SSSR count). The third-order valence-corrected chi connectivity index (χ3v) is 11.2. The molecule has 0 bridgehead atoms. The Morgan fingerprint density at radius 2 is 1.12 bits per heavy atom. The van der Waals surface area contributed by atoms with Gasteiger partial charge in [-0.05, 0) is 70.6 Å². The maximum atomic E-state index is 12.7. The summed E-state index contributed by atoms with van der Waals surface area (Å²) < 4.78 is 38.6. The maximum Gasteiger partial charge on any atom is 0.472 e. The molecule has 1 fully saturated rings. The van der Waals surface area contributed by atoms with Crippen molar-refractivity contribution >= 4 is 25.7 Å². The first-order chi connectivity index (χ1) is 28.6. The maximum absolute atomic E-state index is 12.7. The molecule has 1 saturated heterocycles. The Labute approximate surface area is 357 Å². The van der Waals surface area contributed by atoms with Gasteiger partial charge in [-0.3, -0.25) is 23.4 Å². The number of phosphoric acid groups is 1. The number of carbonyl (C=O) groups is 3. The lowest BCUT2D eigenvalue weighted by molar-refractivity contribution is -0.161. The topological polar surface area (TPSA) is 184 Å². The van der Waals surface area contributed by atoms with Crippen molar-refractivity contribution in [3.8, 4) is 0 Å². The highest BCUT2D eigenvalue weighted by atomic mass is 31.2. The van der Waals surface area contributed by atoms with E-state index in [0.29, 0.717) is 25.0 Å². The van der Waals surface area contributed by atoms with Crippen LogP contribution in [0.25, 0.3) is 0 Å². The highest BCUT2D eigenvalue weighted by Crippen LogP contribution is 2.43. The number of nitrogens with two attached hydrogens (primary N) is 1. The second-order valence-electron chi connectivity index (χ2n) is 15.9. The number of phosphoric ester groups is 1. The molecule has 4 N–H and O–H groups in total. The SMILES string of the molecule is CCCCC/C=C\C/C=C\CCCCCCCCCCCC(=O)OC[C@H](COP(=O)(O)OC[C@H](N)C(=O)O)OC(=O)CCCCCCCC1OC1C/C=C\CCCCC. The third-order valence-electron chi connectivity index (χ3n) is 10.3. The van der Waals surface area contributed by atoms with E-state index in [9.17, 15) is 23.8 Å². The van der Waals surface area contributed by atoms with E-state index in [-0.39, 0.29) is 19.4 Å². The minimum atomic E-state index is -4.73. The molecule has 0 aromatic carbocycles. The molecule has 3 unspecified atom stereocenters. The zero-order chi connectivity index (χ0) is 43.2. The van der Waals surface area contributed by atoms with Gasteiger partial charge in [0.05, 0.1) is 25.4 Å². The fourth-order valence-corrected chi connectivity index (χ4v) is 7.29. The predicted molar refractivity (Wildman–Crippen MR) is 235 cm³/mol. The van der Waals surface area contributed by atoms with Crippen molar-refractivity contribution in [3.63, 3.8) is 0 Å². The van der Waals surface area contributed by atoms with E-state index in [1.807, 2.05) is 0 Å². The molecule has 12 nitrogen and oxygen atoms in total. The van der Waals surface area contributed by atoms with Crippen LogP contribution in [0.3, 0.4) is 0 Å². The normalized spacial score (nSPS) is 17.4. The second-order valence-corrected chi connectivity index (χ2v) is 17.4. The average Bonchev–Trinajstić information content (AvgIpc) is 3.97. The van der Waals surface area contributed by atoms with E-state index in [4.69, 9.17) is 29.6 Å². The lowest BCUT2D eigenvalue weighted by Gasteiger charge is -2.20. The molecule has 1 aliphatic rings. The van der Waals surface area contributed by atoms with Gasteiger partial charge in [0.1, 0.15) is 12.6 Å². The van der Waals surface area contributed by atoms with Gasteiger partial charge in [-0.1, -0.05) is 147 Å². The van der Waals surface area contributed by atoms with Crippen LogP contribution in [0.4, 0.5) is 0 Å². The summed E-state index contributed by atoms with van der Waals surface area (Å²) in [6.07, 6.45) is 42.2. The fraction of sp³-hybridized carbons (Fsp3) is 0.804. The molecular weight excluding hydrogens is 773 g/mol. The summed E-state index contributed by atoms with van der Waals surface area (Å²) in [5.41, 5.74) is 5.34. The molecular formula is C46H82NO11P. The van der Waals surface area contributed by atoms with Crippen LogP contribution in [0.2, 0.25) is 0 Å². The lowest BCUT2D eigenvalue weighted by atomic mass is 10.1. The second kappa shape index (κ2) is 37.4. The number of esters is 2. The third kappa shape index (κ3) is 35.0. The minimum absolute atomic E-state index is 0.137. The first kappa shape index (κ1) is 54.7. The number of carbonyl (C=O) groups excluding carboxylic acids is 2. The van der Waals surface area contributed by atoms with E-state index in [0.717, 1.165) is 77.0 Å². The molecule has 0 spiro atoms. The molecule has 1 heterocycles. The van der Waals surface area contributed by atoms with E-state index >= 15 is 0 Å². The highest BCUT2D eigenvalue weighted by Gasteiger charge is 2.36. The first-order valence-corrected chi connectivity index (χ1v) is 24.6. The van der Waals surface area contributed by atoms with Gasteiger partial charge in [0.15, 0.2) is 6.10 Å². The minimum Gasteiger partial charge on any atom is -0.480 e. The molecule has 0 aromatic rings. The van der Waals surface area contributed by atoms with Crippen molar-refractivity contribution in [1.29, 1.82) is 0 Å². The molecule has 0 aromatic heterocycles. The van der Waals surface area contributed by atoms with E-state index in [1.165, 1.54) is 77.0 Å². The number of rotatable bonds is 42. The first-order valence-electron chi connectivity index (χ1n) is 23.1. The molecule has 0 amide bonds. The van der Waals surface area contributed by atoms with Crippen LogP contribution >= 0.6 is 7.82 Å². The number of aliphatic carboxylic acids is 1. The van der Waals surface area contributed by atoms with Crippen LogP contribution in [-0.2, 0) is 42.2 Å². The summed E-state index contributed by atoms with van der Waals surface area (Å²) in [7, 11) is -4.73. The lowest BCUT2D eigenvalue weighted by Crippen LogP contribution is -2.34. The monoisotopic (exact) mass is 856 g/mol. The van der Waals surface area contributed by atoms with Gasteiger partial charge in [-0.15, -0.1) is 0 Å². The number of allylic oxidation sites excluding steroid dienone is 5. The smallest absolute Gasteiger partial charge is 0.472 e. The Balaban J connectivity index is 2.26.